The minimum absolute atomic E-state index is 0.210. The lowest BCUT2D eigenvalue weighted by Crippen LogP contribution is -2.51. The second-order valence-electron chi connectivity index (χ2n) is 4.71. The summed E-state index contributed by atoms with van der Waals surface area (Å²) in [4.78, 5) is 2.23. The molecule has 19 heavy (non-hydrogen) atoms. The number of nitrogens with zero attached hydrogens (tertiary/aromatic N) is 2. The van der Waals surface area contributed by atoms with E-state index in [1.165, 1.54) is 4.31 Å². The van der Waals surface area contributed by atoms with Crippen molar-refractivity contribution < 1.29 is 8.42 Å². The summed E-state index contributed by atoms with van der Waals surface area (Å²) in [7, 11) is -3.56. The van der Waals surface area contributed by atoms with Crippen LogP contribution in [0.1, 0.15) is 18.5 Å². The molecule has 5 nitrogen and oxygen atoms in total. The zero-order valence-electron chi connectivity index (χ0n) is 10.8. The molecule has 0 aromatic heterocycles. The first-order valence-corrected chi connectivity index (χ1v) is 8.03. The third kappa shape index (κ3) is 3.67. The van der Waals surface area contributed by atoms with Crippen LogP contribution in [-0.4, -0.2) is 43.8 Å². The molecular weight excluding hydrogens is 286 g/mol. The van der Waals surface area contributed by atoms with Gasteiger partial charge in [0.15, 0.2) is 0 Å². The summed E-state index contributed by atoms with van der Waals surface area (Å²) in [5.74, 6) is 0. The highest BCUT2D eigenvalue weighted by Gasteiger charge is 2.26. The molecule has 1 unspecified atom stereocenters. The molecular formula is C12H18ClN3O2S. The molecule has 1 aromatic rings. The third-order valence-corrected chi connectivity index (χ3v) is 4.83. The predicted molar refractivity (Wildman–Crippen MR) is 76.1 cm³/mol. The summed E-state index contributed by atoms with van der Waals surface area (Å²) in [5.41, 5.74) is 1.14. The number of rotatable bonds is 3. The van der Waals surface area contributed by atoms with Gasteiger partial charge in [-0.15, -0.1) is 0 Å². The van der Waals surface area contributed by atoms with Crippen LogP contribution < -0.4 is 5.14 Å². The molecule has 1 aromatic carbocycles. The van der Waals surface area contributed by atoms with Crippen LogP contribution in [0.5, 0.6) is 0 Å². The predicted octanol–water partition coefficient (Wildman–Crippen LogP) is 1.22. The highest BCUT2D eigenvalue weighted by molar-refractivity contribution is 7.86. The molecule has 1 aliphatic heterocycles. The fourth-order valence-electron chi connectivity index (χ4n) is 2.32. The summed E-state index contributed by atoms with van der Waals surface area (Å²) >= 11 is 5.99. The van der Waals surface area contributed by atoms with Crippen LogP contribution in [0.2, 0.25) is 5.02 Å². The Morgan fingerprint density at radius 3 is 2.42 bits per heavy atom. The Morgan fingerprint density at radius 2 is 1.89 bits per heavy atom. The van der Waals surface area contributed by atoms with Gasteiger partial charge in [-0.3, -0.25) is 4.90 Å². The Kier molecular flexibility index (Phi) is 4.47. The quantitative estimate of drug-likeness (QED) is 0.913. The number of nitrogens with two attached hydrogens (primary N) is 1. The van der Waals surface area contributed by atoms with Gasteiger partial charge in [-0.1, -0.05) is 23.7 Å². The molecule has 1 saturated heterocycles. The Morgan fingerprint density at radius 1 is 1.26 bits per heavy atom. The Bertz CT molecular complexity index is 542. The second kappa shape index (κ2) is 5.76. The molecule has 0 bridgehead atoms. The fraction of sp³-hybridized carbons (Fsp3) is 0.500. The third-order valence-electron chi connectivity index (χ3n) is 3.51. The smallest absolute Gasteiger partial charge is 0.276 e. The van der Waals surface area contributed by atoms with Crippen molar-refractivity contribution in [2.75, 3.05) is 26.2 Å². The van der Waals surface area contributed by atoms with Gasteiger partial charge < -0.3 is 0 Å². The largest absolute Gasteiger partial charge is 0.294 e. The van der Waals surface area contributed by atoms with Gasteiger partial charge in [0.1, 0.15) is 0 Å². The van der Waals surface area contributed by atoms with Crippen LogP contribution in [0.3, 0.4) is 0 Å². The molecule has 0 spiro atoms. The van der Waals surface area contributed by atoms with Crippen molar-refractivity contribution in [3.8, 4) is 0 Å². The number of halogens is 1. The highest BCUT2D eigenvalue weighted by atomic mass is 35.5. The van der Waals surface area contributed by atoms with Gasteiger partial charge in [-0.25, -0.2) is 5.14 Å². The van der Waals surface area contributed by atoms with E-state index in [0.29, 0.717) is 31.2 Å². The number of hydrogen-bond acceptors (Lipinski definition) is 3. The minimum Gasteiger partial charge on any atom is -0.294 e. The van der Waals surface area contributed by atoms with Crippen molar-refractivity contribution in [1.82, 2.24) is 9.21 Å². The molecule has 2 rings (SSSR count). The molecule has 2 N–H and O–H groups in total. The zero-order chi connectivity index (χ0) is 14.0. The van der Waals surface area contributed by atoms with E-state index >= 15 is 0 Å². The first-order chi connectivity index (χ1) is 8.88. The number of hydrogen-bond donors (Lipinski definition) is 1. The summed E-state index contributed by atoms with van der Waals surface area (Å²) in [6.45, 7) is 4.31. The van der Waals surface area contributed by atoms with E-state index in [9.17, 15) is 8.42 Å². The Hall–Kier alpha value is -0.660. The molecule has 0 radical (unpaired) electrons. The van der Waals surface area contributed by atoms with E-state index in [1.807, 2.05) is 24.3 Å². The lowest BCUT2D eigenvalue weighted by Gasteiger charge is -2.36. The van der Waals surface area contributed by atoms with Crippen LogP contribution in [0.25, 0.3) is 0 Å². The van der Waals surface area contributed by atoms with Gasteiger partial charge in [-0.05, 0) is 24.6 Å². The van der Waals surface area contributed by atoms with E-state index in [-0.39, 0.29) is 6.04 Å². The zero-order valence-corrected chi connectivity index (χ0v) is 12.4. The molecule has 106 valence electrons. The molecule has 0 saturated carbocycles. The maximum absolute atomic E-state index is 11.2. The molecule has 0 aliphatic carbocycles. The highest BCUT2D eigenvalue weighted by Crippen LogP contribution is 2.24. The van der Waals surface area contributed by atoms with Gasteiger partial charge in [0.2, 0.25) is 0 Å². The van der Waals surface area contributed by atoms with E-state index in [4.69, 9.17) is 16.7 Å². The van der Waals surface area contributed by atoms with Gasteiger partial charge in [0, 0.05) is 37.2 Å². The van der Waals surface area contributed by atoms with E-state index in [0.717, 1.165) is 5.56 Å². The Labute approximate surface area is 119 Å². The van der Waals surface area contributed by atoms with E-state index < -0.39 is 10.2 Å². The van der Waals surface area contributed by atoms with Crippen molar-refractivity contribution >= 4 is 21.8 Å². The van der Waals surface area contributed by atoms with Gasteiger partial charge in [0.25, 0.3) is 10.2 Å². The molecule has 1 atom stereocenters. The van der Waals surface area contributed by atoms with Gasteiger partial charge >= 0.3 is 0 Å². The van der Waals surface area contributed by atoms with Crippen LogP contribution in [-0.2, 0) is 10.2 Å². The summed E-state index contributed by atoms with van der Waals surface area (Å²) in [6.07, 6.45) is 0. The van der Waals surface area contributed by atoms with Crippen molar-refractivity contribution in [2.24, 2.45) is 5.14 Å². The van der Waals surface area contributed by atoms with Crippen LogP contribution in [0.4, 0.5) is 0 Å². The lowest BCUT2D eigenvalue weighted by molar-refractivity contribution is 0.146. The first-order valence-electron chi connectivity index (χ1n) is 6.15. The second-order valence-corrected chi connectivity index (χ2v) is 6.69. The summed E-state index contributed by atoms with van der Waals surface area (Å²) < 4.78 is 23.8. The lowest BCUT2D eigenvalue weighted by atomic mass is 10.1. The van der Waals surface area contributed by atoms with Gasteiger partial charge in [0.05, 0.1) is 0 Å². The maximum atomic E-state index is 11.2. The number of piperazine rings is 1. The number of benzene rings is 1. The van der Waals surface area contributed by atoms with Crippen molar-refractivity contribution in [2.45, 2.75) is 13.0 Å². The fourth-order valence-corrected chi connectivity index (χ4v) is 3.19. The molecule has 7 heteroatoms. The normalized spacial score (nSPS) is 20.4. The van der Waals surface area contributed by atoms with Crippen molar-refractivity contribution in [3.63, 3.8) is 0 Å². The maximum Gasteiger partial charge on any atom is 0.276 e. The average molecular weight is 304 g/mol. The van der Waals surface area contributed by atoms with Gasteiger partial charge in [-0.2, -0.15) is 12.7 Å². The van der Waals surface area contributed by atoms with Crippen LogP contribution >= 0.6 is 11.6 Å². The standard InChI is InChI=1S/C12H18ClN3O2S/c1-10(11-3-2-4-12(13)9-11)15-5-7-16(8-6-15)19(14,17)18/h2-4,9-10H,5-8H2,1H3,(H2,14,17,18). The molecule has 0 amide bonds. The van der Waals surface area contributed by atoms with E-state index in [1.54, 1.807) is 0 Å². The minimum atomic E-state index is -3.56. The summed E-state index contributed by atoms with van der Waals surface area (Å²) in [6, 6.07) is 7.95. The molecule has 1 fully saturated rings. The van der Waals surface area contributed by atoms with Crippen LogP contribution in [0.15, 0.2) is 24.3 Å². The summed E-state index contributed by atoms with van der Waals surface area (Å²) in [5, 5.41) is 5.84. The van der Waals surface area contributed by atoms with Crippen molar-refractivity contribution in [3.05, 3.63) is 34.9 Å². The van der Waals surface area contributed by atoms with E-state index in [2.05, 4.69) is 11.8 Å². The topological polar surface area (TPSA) is 66.6 Å². The van der Waals surface area contributed by atoms with Crippen LogP contribution in [0, 0.1) is 0 Å². The Balaban J connectivity index is 2.02. The van der Waals surface area contributed by atoms with Crippen molar-refractivity contribution in [1.29, 1.82) is 0 Å². The molecule has 1 aliphatic rings. The SMILES string of the molecule is CC(c1cccc(Cl)c1)N1CCN(S(N)(=O)=O)CC1. The average Bonchev–Trinajstić information content (AvgIpc) is 2.37. The monoisotopic (exact) mass is 303 g/mol. The first kappa shape index (κ1) is 14.7. The molecule has 1 heterocycles.